The van der Waals surface area contributed by atoms with Crippen LogP contribution in [0.5, 0.6) is 17.2 Å². The Morgan fingerprint density at radius 1 is 1.13 bits per heavy atom. The number of ether oxygens (including phenoxy) is 3. The maximum absolute atomic E-state index is 12.6. The van der Waals surface area contributed by atoms with Crippen molar-refractivity contribution >= 4 is 17.5 Å². The molecule has 2 aliphatic rings. The fourth-order valence-electron chi connectivity index (χ4n) is 3.56. The van der Waals surface area contributed by atoms with E-state index in [9.17, 15) is 9.59 Å². The molecule has 1 fully saturated rings. The molecule has 7 nitrogen and oxygen atoms in total. The second-order valence-electron chi connectivity index (χ2n) is 7.43. The van der Waals surface area contributed by atoms with Crippen LogP contribution in [0.1, 0.15) is 36.5 Å². The van der Waals surface area contributed by atoms with Crippen LogP contribution in [0.25, 0.3) is 0 Å². The monoisotopic (exact) mass is 410 g/mol. The maximum atomic E-state index is 12.6. The van der Waals surface area contributed by atoms with Gasteiger partial charge in [-0.1, -0.05) is 13.3 Å². The predicted molar refractivity (Wildman–Crippen MR) is 113 cm³/mol. The van der Waals surface area contributed by atoms with Gasteiger partial charge in [-0.05, 0) is 42.8 Å². The van der Waals surface area contributed by atoms with Gasteiger partial charge in [0.2, 0.25) is 5.91 Å². The molecule has 0 unspecified atom stereocenters. The van der Waals surface area contributed by atoms with Crippen LogP contribution in [0.3, 0.4) is 0 Å². The predicted octanol–water partition coefficient (Wildman–Crippen LogP) is 3.17. The van der Waals surface area contributed by atoms with E-state index in [1.165, 1.54) is 0 Å². The van der Waals surface area contributed by atoms with Crippen molar-refractivity contribution in [2.75, 3.05) is 31.3 Å². The number of benzene rings is 2. The van der Waals surface area contributed by atoms with E-state index < -0.39 is 0 Å². The molecule has 4 rings (SSSR count). The number of fused-ring (bicyclic) bond motifs is 1. The summed E-state index contributed by atoms with van der Waals surface area (Å²) in [6, 6.07) is 12.3. The van der Waals surface area contributed by atoms with Gasteiger partial charge in [0.05, 0.1) is 12.6 Å². The van der Waals surface area contributed by atoms with Gasteiger partial charge in [0.25, 0.3) is 5.91 Å². The SMILES string of the molecule is CCCCOc1ccc(C(=O)N[C@@H]2CC(=O)N(c3ccc4c(c3)OCCO4)C2)cc1. The topological polar surface area (TPSA) is 77.1 Å². The molecular formula is C23H26N2O5. The lowest BCUT2D eigenvalue weighted by Gasteiger charge is -2.22. The number of carbonyl (C=O) groups excluding carboxylic acids is 2. The first-order valence-corrected chi connectivity index (χ1v) is 10.4. The summed E-state index contributed by atoms with van der Waals surface area (Å²) in [5.74, 6) is 1.85. The molecule has 2 aliphatic heterocycles. The van der Waals surface area contributed by atoms with Crippen molar-refractivity contribution in [3.05, 3.63) is 48.0 Å². The minimum absolute atomic E-state index is 0.0309. The maximum Gasteiger partial charge on any atom is 0.251 e. The number of anilines is 1. The molecule has 0 saturated carbocycles. The summed E-state index contributed by atoms with van der Waals surface area (Å²) in [6.07, 6.45) is 2.33. The third kappa shape index (κ3) is 4.50. The lowest BCUT2D eigenvalue weighted by atomic mass is 10.1. The zero-order chi connectivity index (χ0) is 20.9. The number of amides is 2. The fourth-order valence-corrected chi connectivity index (χ4v) is 3.56. The Morgan fingerprint density at radius 3 is 2.67 bits per heavy atom. The molecule has 2 heterocycles. The summed E-state index contributed by atoms with van der Waals surface area (Å²) >= 11 is 0. The quantitative estimate of drug-likeness (QED) is 0.710. The summed E-state index contributed by atoms with van der Waals surface area (Å²) in [5.41, 5.74) is 1.29. The van der Waals surface area contributed by atoms with Gasteiger partial charge < -0.3 is 24.4 Å². The van der Waals surface area contributed by atoms with Crippen molar-refractivity contribution in [2.24, 2.45) is 0 Å². The highest BCUT2D eigenvalue weighted by Crippen LogP contribution is 2.35. The molecule has 0 bridgehead atoms. The molecule has 1 saturated heterocycles. The van der Waals surface area contributed by atoms with Gasteiger partial charge in [-0.15, -0.1) is 0 Å². The third-order valence-electron chi connectivity index (χ3n) is 5.18. The summed E-state index contributed by atoms with van der Waals surface area (Å²) in [7, 11) is 0. The number of unbranched alkanes of at least 4 members (excludes halogenated alkanes) is 1. The lowest BCUT2D eigenvalue weighted by molar-refractivity contribution is -0.117. The van der Waals surface area contributed by atoms with Crippen molar-refractivity contribution in [3.8, 4) is 17.2 Å². The normalized spacial score (nSPS) is 17.7. The number of hydrogen-bond donors (Lipinski definition) is 1. The number of rotatable bonds is 7. The molecular weight excluding hydrogens is 384 g/mol. The largest absolute Gasteiger partial charge is 0.494 e. The highest BCUT2D eigenvalue weighted by molar-refractivity contribution is 5.99. The molecule has 0 aliphatic carbocycles. The average molecular weight is 410 g/mol. The summed E-state index contributed by atoms with van der Waals surface area (Å²) in [5, 5.41) is 2.96. The Labute approximate surface area is 175 Å². The van der Waals surface area contributed by atoms with Crippen LogP contribution in [0.4, 0.5) is 5.69 Å². The Balaban J connectivity index is 1.35. The number of nitrogens with zero attached hydrogens (tertiary/aromatic N) is 1. The van der Waals surface area contributed by atoms with Crippen molar-refractivity contribution in [1.29, 1.82) is 0 Å². The first-order chi connectivity index (χ1) is 14.6. The van der Waals surface area contributed by atoms with Gasteiger partial charge in [-0.25, -0.2) is 0 Å². The zero-order valence-corrected chi connectivity index (χ0v) is 17.1. The van der Waals surface area contributed by atoms with Gasteiger partial charge in [0.15, 0.2) is 11.5 Å². The molecule has 2 aromatic carbocycles. The minimum atomic E-state index is -0.251. The first-order valence-electron chi connectivity index (χ1n) is 10.4. The highest BCUT2D eigenvalue weighted by Gasteiger charge is 2.32. The van der Waals surface area contributed by atoms with E-state index in [2.05, 4.69) is 12.2 Å². The van der Waals surface area contributed by atoms with Crippen LogP contribution >= 0.6 is 0 Å². The van der Waals surface area contributed by atoms with Gasteiger partial charge in [-0.3, -0.25) is 9.59 Å². The zero-order valence-electron chi connectivity index (χ0n) is 17.1. The van der Waals surface area contributed by atoms with Gasteiger partial charge in [0, 0.05) is 30.3 Å². The highest BCUT2D eigenvalue weighted by atomic mass is 16.6. The summed E-state index contributed by atoms with van der Waals surface area (Å²) < 4.78 is 16.8. The number of carbonyl (C=O) groups is 2. The van der Waals surface area contributed by atoms with E-state index in [1.807, 2.05) is 18.2 Å². The summed E-state index contributed by atoms with van der Waals surface area (Å²) in [6.45, 7) is 4.21. The van der Waals surface area contributed by atoms with E-state index >= 15 is 0 Å². The van der Waals surface area contributed by atoms with E-state index in [0.29, 0.717) is 43.4 Å². The smallest absolute Gasteiger partial charge is 0.251 e. The Bertz CT molecular complexity index is 912. The molecule has 0 radical (unpaired) electrons. The van der Waals surface area contributed by atoms with Crippen LogP contribution in [0, 0.1) is 0 Å². The first kappa shape index (κ1) is 20.1. The van der Waals surface area contributed by atoms with E-state index in [4.69, 9.17) is 14.2 Å². The molecule has 2 amide bonds. The second kappa shape index (κ2) is 9.07. The number of nitrogens with one attached hydrogen (secondary N) is 1. The summed E-state index contributed by atoms with van der Waals surface area (Å²) in [4.78, 5) is 26.8. The van der Waals surface area contributed by atoms with Gasteiger partial charge >= 0.3 is 0 Å². The molecule has 7 heteroatoms. The Hall–Kier alpha value is -3.22. The molecule has 158 valence electrons. The second-order valence-corrected chi connectivity index (χ2v) is 7.43. The van der Waals surface area contributed by atoms with Gasteiger partial charge in [-0.2, -0.15) is 0 Å². The minimum Gasteiger partial charge on any atom is -0.494 e. The van der Waals surface area contributed by atoms with Crippen LogP contribution < -0.4 is 24.4 Å². The van der Waals surface area contributed by atoms with Crippen molar-refractivity contribution < 1.29 is 23.8 Å². The fraction of sp³-hybridized carbons (Fsp3) is 0.391. The van der Waals surface area contributed by atoms with E-state index in [1.54, 1.807) is 29.2 Å². The van der Waals surface area contributed by atoms with E-state index in [-0.39, 0.29) is 24.3 Å². The standard InChI is InChI=1S/C23H26N2O5/c1-2-3-10-28-19-7-4-16(5-8-19)23(27)24-17-13-22(26)25(15-17)18-6-9-20-21(14-18)30-12-11-29-20/h4-9,14,17H,2-3,10-13,15H2,1H3,(H,24,27)/t17-/m1/s1. The molecule has 0 spiro atoms. The van der Waals surface area contributed by atoms with Crippen LogP contribution in [0.15, 0.2) is 42.5 Å². The molecule has 30 heavy (non-hydrogen) atoms. The molecule has 0 aromatic heterocycles. The van der Waals surface area contributed by atoms with Crippen LogP contribution in [-0.4, -0.2) is 44.2 Å². The van der Waals surface area contributed by atoms with Gasteiger partial charge in [0.1, 0.15) is 19.0 Å². The molecule has 1 atom stereocenters. The van der Waals surface area contributed by atoms with Crippen LogP contribution in [0.2, 0.25) is 0 Å². The van der Waals surface area contributed by atoms with Crippen molar-refractivity contribution in [3.63, 3.8) is 0 Å². The Morgan fingerprint density at radius 2 is 1.90 bits per heavy atom. The molecule has 1 N–H and O–H groups in total. The average Bonchev–Trinajstić information content (AvgIpc) is 3.14. The Kier molecular flexibility index (Phi) is 6.07. The van der Waals surface area contributed by atoms with Crippen molar-refractivity contribution in [1.82, 2.24) is 5.32 Å². The van der Waals surface area contributed by atoms with E-state index in [0.717, 1.165) is 24.3 Å². The number of hydrogen-bond acceptors (Lipinski definition) is 5. The van der Waals surface area contributed by atoms with Crippen LogP contribution in [-0.2, 0) is 4.79 Å². The van der Waals surface area contributed by atoms with Crippen molar-refractivity contribution in [2.45, 2.75) is 32.2 Å². The third-order valence-corrected chi connectivity index (χ3v) is 5.18. The lowest BCUT2D eigenvalue weighted by Crippen LogP contribution is -2.37. The molecule has 2 aromatic rings.